The molecule has 16 heavy (non-hydrogen) atoms. The van der Waals surface area contributed by atoms with Crippen LogP contribution in [0.1, 0.15) is 6.42 Å². The number of aromatic nitrogens is 5. The highest BCUT2D eigenvalue weighted by Gasteiger charge is 2.08. The Bertz CT molecular complexity index is 503. The normalized spacial score (nSPS) is 10.6. The van der Waals surface area contributed by atoms with Crippen LogP contribution < -0.4 is 10.6 Å². The smallest absolute Gasteiger partial charge is 0.199 e. The third-order valence-corrected chi connectivity index (χ3v) is 2.20. The van der Waals surface area contributed by atoms with E-state index in [1.165, 1.54) is 0 Å². The lowest BCUT2D eigenvalue weighted by atomic mass is 10.4. The molecule has 2 rings (SSSR count). The highest BCUT2D eigenvalue weighted by Crippen LogP contribution is 2.10. The van der Waals surface area contributed by atoms with E-state index in [2.05, 4.69) is 20.5 Å². The first-order valence-electron chi connectivity index (χ1n) is 4.74. The Kier molecular flexibility index (Phi) is 2.63. The molecule has 2 heterocycles. The second-order valence-electron chi connectivity index (χ2n) is 3.41. The molecule has 0 saturated heterocycles. The van der Waals surface area contributed by atoms with Gasteiger partial charge in [-0.1, -0.05) is 0 Å². The molecule has 0 bridgehead atoms. The molecule has 0 atom stereocenters. The molecule has 0 aliphatic heterocycles. The van der Waals surface area contributed by atoms with E-state index in [0.717, 1.165) is 5.82 Å². The van der Waals surface area contributed by atoms with Gasteiger partial charge in [-0.3, -0.25) is 10.4 Å². The number of tetrazole rings is 1. The molecule has 0 spiro atoms. The summed E-state index contributed by atoms with van der Waals surface area (Å²) in [5, 5.41) is 18.4. The zero-order valence-corrected chi connectivity index (χ0v) is 8.83. The summed E-state index contributed by atoms with van der Waals surface area (Å²) in [6.07, 6.45) is 3.75. The van der Waals surface area contributed by atoms with Gasteiger partial charge in [-0.2, -0.15) is 4.52 Å². The van der Waals surface area contributed by atoms with E-state index in [1.54, 1.807) is 16.9 Å². The second kappa shape index (κ2) is 4.09. The number of rotatable bonds is 4. The van der Waals surface area contributed by atoms with Gasteiger partial charge in [0.25, 0.3) is 0 Å². The maximum Gasteiger partial charge on any atom is 0.199 e. The Balaban J connectivity index is 2.25. The fourth-order valence-corrected chi connectivity index (χ4v) is 1.33. The number of hydrogen-bond acceptors (Lipinski definition) is 6. The van der Waals surface area contributed by atoms with Gasteiger partial charge in [0.15, 0.2) is 11.5 Å². The number of fused-ring (bicyclic) bond motifs is 1. The van der Waals surface area contributed by atoms with Gasteiger partial charge in [0, 0.05) is 20.0 Å². The standard InChI is InChI=1S/C8H12N8/c1-15(3-2-6(9)10)8-5-11-4-7-12-13-14-16(7)8/h4-5H,2-3H2,1H3,(H3,9,10). The summed E-state index contributed by atoms with van der Waals surface area (Å²) in [5.41, 5.74) is 5.90. The zero-order valence-electron chi connectivity index (χ0n) is 8.83. The number of anilines is 1. The van der Waals surface area contributed by atoms with Crippen LogP contribution in [0, 0.1) is 5.41 Å². The van der Waals surface area contributed by atoms with Crippen molar-refractivity contribution in [3.8, 4) is 0 Å². The van der Waals surface area contributed by atoms with Crippen molar-refractivity contribution >= 4 is 17.3 Å². The van der Waals surface area contributed by atoms with E-state index in [0.29, 0.717) is 18.6 Å². The summed E-state index contributed by atoms with van der Waals surface area (Å²) in [5.74, 6) is 0.924. The van der Waals surface area contributed by atoms with Crippen LogP contribution in [0.2, 0.25) is 0 Å². The third-order valence-electron chi connectivity index (χ3n) is 2.20. The van der Waals surface area contributed by atoms with Crippen LogP contribution in [-0.4, -0.2) is 44.5 Å². The average Bonchev–Trinajstić information content (AvgIpc) is 2.73. The molecule has 0 aliphatic rings. The first-order chi connectivity index (χ1) is 7.68. The molecule has 0 unspecified atom stereocenters. The molecular formula is C8H12N8. The van der Waals surface area contributed by atoms with Crippen molar-refractivity contribution in [2.45, 2.75) is 6.42 Å². The van der Waals surface area contributed by atoms with Crippen LogP contribution in [0.15, 0.2) is 12.4 Å². The molecule has 8 heteroatoms. The molecular weight excluding hydrogens is 208 g/mol. The largest absolute Gasteiger partial charge is 0.388 e. The van der Waals surface area contributed by atoms with Crippen LogP contribution in [0.4, 0.5) is 5.82 Å². The molecule has 3 N–H and O–H groups in total. The fourth-order valence-electron chi connectivity index (χ4n) is 1.33. The molecule has 2 aromatic rings. The Labute approximate surface area is 91.6 Å². The van der Waals surface area contributed by atoms with Gasteiger partial charge >= 0.3 is 0 Å². The van der Waals surface area contributed by atoms with Crippen LogP contribution in [0.5, 0.6) is 0 Å². The van der Waals surface area contributed by atoms with E-state index < -0.39 is 0 Å². The quantitative estimate of drug-likeness (QED) is 0.520. The van der Waals surface area contributed by atoms with E-state index in [1.807, 2.05) is 11.9 Å². The topological polar surface area (TPSA) is 109 Å². The molecule has 0 radical (unpaired) electrons. The molecule has 0 aromatic carbocycles. The summed E-state index contributed by atoms with van der Waals surface area (Å²) < 4.78 is 1.59. The van der Waals surface area contributed by atoms with Crippen molar-refractivity contribution in [3.63, 3.8) is 0 Å². The van der Waals surface area contributed by atoms with Crippen molar-refractivity contribution in [2.24, 2.45) is 5.73 Å². The number of hydrogen-bond donors (Lipinski definition) is 2. The van der Waals surface area contributed by atoms with Gasteiger partial charge in [0.2, 0.25) is 0 Å². The molecule has 8 nitrogen and oxygen atoms in total. The van der Waals surface area contributed by atoms with E-state index in [9.17, 15) is 0 Å². The number of amidine groups is 1. The monoisotopic (exact) mass is 220 g/mol. The first kappa shape index (κ1) is 10.3. The summed E-state index contributed by atoms with van der Waals surface area (Å²) >= 11 is 0. The predicted molar refractivity (Wildman–Crippen MR) is 58.4 cm³/mol. The minimum Gasteiger partial charge on any atom is -0.388 e. The summed E-state index contributed by atoms with van der Waals surface area (Å²) in [6, 6.07) is 0. The third kappa shape index (κ3) is 1.90. The number of nitrogens with two attached hydrogens (primary N) is 1. The van der Waals surface area contributed by atoms with Crippen molar-refractivity contribution in [1.29, 1.82) is 5.41 Å². The first-order valence-corrected chi connectivity index (χ1v) is 4.74. The van der Waals surface area contributed by atoms with Crippen molar-refractivity contribution in [1.82, 2.24) is 25.0 Å². The Morgan fingerprint density at radius 2 is 2.38 bits per heavy atom. The number of nitrogens with one attached hydrogen (secondary N) is 1. The van der Waals surface area contributed by atoms with Crippen LogP contribution in [0.3, 0.4) is 0 Å². The summed E-state index contributed by atoms with van der Waals surface area (Å²) in [6.45, 7) is 0.621. The van der Waals surface area contributed by atoms with Crippen molar-refractivity contribution in [2.75, 3.05) is 18.5 Å². The highest BCUT2D eigenvalue weighted by molar-refractivity contribution is 5.77. The van der Waals surface area contributed by atoms with Gasteiger partial charge in [0.1, 0.15) is 0 Å². The Morgan fingerprint density at radius 3 is 3.12 bits per heavy atom. The van der Waals surface area contributed by atoms with Gasteiger partial charge in [-0.15, -0.1) is 5.10 Å². The van der Waals surface area contributed by atoms with E-state index in [4.69, 9.17) is 11.1 Å². The van der Waals surface area contributed by atoms with Crippen LogP contribution in [-0.2, 0) is 0 Å². The van der Waals surface area contributed by atoms with Crippen LogP contribution in [0.25, 0.3) is 5.65 Å². The molecule has 0 saturated carbocycles. The van der Waals surface area contributed by atoms with Gasteiger partial charge in [0.05, 0.1) is 18.2 Å². The molecule has 0 aliphatic carbocycles. The number of nitrogens with zero attached hydrogens (tertiary/aromatic N) is 6. The summed E-state index contributed by atoms with van der Waals surface area (Å²) in [4.78, 5) is 5.94. The van der Waals surface area contributed by atoms with E-state index in [-0.39, 0.29) is 5.84 Å². The molecule has 2 aromatic heterocycles. The van der Waals surface area contributed by atoms with Gasteiger partial charge in [-0.05, 0) is 10.4 Å². The average molecular weight is 220 g/mol. The minimum atomic E-state index is 0.156. The van der Waals surface area contributed by atoms with Gasteiger partial charge < -0.3 is 10.6 Å². The lowest BCUT2D eigenvalue weighted by molar-refractivity contribution is 0.784. The predicted octanol–water partition coefficient (Wildman–Crippen LogP) is -0.718. The Hall–Kier alpha value is -2.25. The second-order valence-corrected chi connectivity index (χ2v) is 3.41. The SMILES string of the molecule is CN(CCC(=N)N)c1cncc2nnnn12. The lowest BCUT2D eigenvalue weighted by Crippen LogP contribution is -2.25. The van der Waals surface area contributed by atoms with E-state index >= 15 is 0 Å². The Morgan fingerprint density at radius 1 is 1.56 bits per heavy atom. The van der Waals surface area contributed by atoms with Gasteiger partial charge in [-0.25, -0.2) is 0 Å². The molecule has 0 amide bonds. The van der Waals surface area contributed by atoms with Crippen LogP contribution >= 0.6 is 0 Å². The zero-order chi connectivity index (χ0) is 11.5. The maximum absolute atomic E-state index is 7.17. The maximum atomic E-state index is 7.17. The lowest BCUT2D eigenvalue weighted by Gasteiger charge is -2.18. The van der Waals surface area contributed by atoms with Crippen molar-refractivity contribution < 1.29 is 0 Å². The molecule has 0 fully saturated rings. The highest BCUT2D eigenvalue weighted by atomic mass is 15.5. The van der Waals surface area contributed by atoms with Crippen molar-refractivity contribution in [3.05, 3.63) is 12.4 Å². The fraction of sp³-hybridized carbons (Fsp3) is 0.375. The minimum absolute atomic E-state index is 0.156. The molecule has 84 valence electrons. The summed E-state index contributed by atoms with van der Waals surface area (Å²) in [7, 11) is 1.88.